The first-order valence-electron chi connectivity index (χ1n) is 7.10. The SMILES string of the molecule is O=C(Cc1ccccc1)Nc1ccc(N2CCOC2=O)cc1. The van der Waals surface area contributed by atoms with Gasteiger partial charge in [0, 0.05) is 11.4 Å². The third-order valence-corrected chi connectivity index (χ3v) is 3.43. The highest BCUT2D eigenvalue weighted by Gasteiger charge is 2.23. The number of hydrogen-bond donors (Lipinski definition) is 1. The highest BCUT2D eigenvalue weighted by molar-refractivity contribution is 5.93. The monoisotopic (exact) mass is 296 g/mol. The summed E-state index contributed by atoms with van der Waals surface area (Å²) < 4.78 is 4.90. The van der Waals surface area contributed by atoms with E-state index in [-0.39, 0.29) is 12.0 Å². The summed E-state index contributed by atoms with van der Waals surface area (Å²) in [5, 5.41) is 2.85. The molecule has 0 radical (unpaired) electrons. The molecule has 2 amide bonds. The van der Waals surface area contributed by atoms with Crippen molar-refractivity contribution < 1.29 is 14.3 Å². The fourth-order valence-electron chi connectivity index (χ4n) is 2.34. The summed E-state index contributed by atoms with van der Waals surface area (Å²) in [6.07, 6.45) is 0.00183. The van der Waals surface area contributed by atoms with Crippen molar-refractivity contribution in [2.45, 2.75) is 6.42 Å². The topological polar surface area (TPSA) is 58.6 Å². The molecule has 1 aliphatic rings. The lowest BCUT2D eigenvalue weighted by Gasteiger charge is -2.13. The van der Waals surface area contributed by atoms with Gasteiger partial charge in [0.05, 0.1) is 13.0 Å². The normalized spacial score (nSPS) is 13.8. The Morgan fingerprint density at radius 1 is 1.09 bits per heavy atom. The standard InChI is InChI=1S/C17H16N2O3/c20-16(12-13-4-2-1-3-5-13)18-14-6-8-15(9-7-14)19-10-11-22-17(19)21/h1-9H,10-12H2,(H,18,20). The minimum atomic E-state index is -0.333. The van der Waals surface area contributed by atoms with Gasteiger partial charge in [-0.05, 0) is 29.8 Å². The zero-order valence-corrected chi connectivity index (χ0v) is 12.0. The molecule has 3 rings (SSSR count). The molecule has 0 saturated carbocycles. The van der Waals surface area contributed by atoms with Gasteiger partial charge < -0.3 is 10.1 Å². The zero-order valence-electron chi connectivity index (χ0n) is 12.0. The van der Waals surface area contributed by atoms with Crippen LogP contribution in [0.25, 0.3) is 0 Å². The zero-order chi connectivity index (χ0) is 15.4. The van der Waals surface area contributed by atoms with Crippen molar-refractivity contribution in [1.29, 1.82) is 0 Å². The van der Waals surface area contributed by atoms with Crippen molar-refractivity contribution in [3.63, 3.8) is 0 Å². The van der Waals surface area contributed by atoms with Gasteiger partial charge in [0.15, 0.2) is 0 Å². The Hall–Kier alpha value is -2.82. The molecule has 1 N–H and O–H groups in total. The third-order valence-electron chi connectivity index (χ3n) is 3.43. The molecule has 112 valence electrons. The second-order valence-electron chi connectivity index (χ2n) is 5.02. The number of ether oxygens (including phenoxy) is 1. The summed E-state index contributed by atoms with van der Waals surface area (Å²) in [5.41, 5.74) is 2.44. The second kappa shape index (κ2) is 6.30. The first-order chi connectivity index (χ1) is 10.7. The Bertz CT molecular complexity index is 668. The maximum Gasteiger partial charge on any atom is 0.414 e. The molecule has 0 atom stereocenters. The Balaban J connectivity index is 1.61. The highest BCUT2D eigenvalue weighted by atomic mass is 16.6. The molecule has 0 spiro atoms. The van der Waals surface area contributed by atoms with Gasteiger partial charge in [0.25, 0.3) is 0 Å². The van der Waals surface area contributed by atoms with Crippen molar-refractivity contribution >= 4 is 23.4 Å². The smallest absolute Gasteiger partial charge is 0.414 e. The third kappa shape index (κ3) is 3.25. The van der Waals surface area contributed by atoms with Gasteiger partial charge in [-0.15, -0.1) is 0 Å². The summed E-state index contributed by atoms with van der Waals surface area (Å²) in [5.74, 6) is -0.0699. The Morgan fingerprint density at radius 2 is 1.82 bits per heavy atom. The number of rotatable bonds is 4. The Labute approximate surface area is 128 Å². The van der Waals surface area contributed by atoms with Crippen LogP contribution in [0, 0.1) is 0 Å². The number of carbonyl (C=O) groups excluding carboxylic acids is 2. The van der Waals surface area contributed by atoms with E-state index >= 15 is 0 Å². The molecule has 1 heterocycles. The van der Waals surface area contributed by atoms with Gasteiger partial charge in [0.1, 0.15) is 6.61 Å². The predicted molar refractivity (Wildman–Crippen MR) is 83.9 cm³/mol. The first-order valence-corrected chi connectivity index (χ1v) is 7.10. The van der Waals surface area contributed by atoms with Gasteiger partial charge >= 0.3 is 6.09 Å². The molecule has 1 aliphatic heterocycles. The van der Waals surface area contributed by atoms with Gasteiger partial charge in [-0.25, -0.2) is 4.79 Å². The maximum atomic E-state index is 12.0. The number of nitrogens with zero attached hydrogens (tertiary/aromatic N) is 1. The summed E-state index contributed by atoms with van der Waals surface area (Å²) >= 11 is 0. The number of hydrogen-bond acceptors (Lipinski definition) is 3. The quantitative estimate of drug-likeness (QED) is 0.944. The van der Waals surface area contributed by atoms with Crippen molar-refractivity contribution in [1.82, 2.24) is 0 Å². The maximum absolute atomic E-state index is 12.0. The fourth-order valence-corrected chi connectivity index (χ4v) is 2.34. The van der Waals surface area contributed by atoms with Crippen LogP contribution in [0.4, 0.5) is 16.2 Å². The average Bonchev–Trinajstić information content (AvgIpc) is 2.95. The number of amides is 2. The van der Waals surface area contributed by atoms with E-state index in [1.807, 2.05) is 30.3 Å². The minimum Gasteiger partial charge on any atom is -0.447 e. The van der Waals surface area contributed by atoms with E-state index in [1.54, 1.807) is 29.2 Å². The van der Waals surface area contributed by atoms with E-state index in [1.165, 1.54) is 0 Å². The molecule has 22 heavy (non-hydrogen) atoms. The molecule has 0 aliphatic carbocycles. The van der Waals surface area contributed by atoms with E-state index in [0.717, 1.165) is 11.3 Å². The molecule has 5 heteroatoms. The van der Waals surface area contributed by atoms with E-state index < -0.39 is 0 Å². The lowest BCUT2D eigenvalue weighted by molar-refractivity contribution is -0.115. The van der Waals surface area contributed by atoms with Crippen molar-refractivity contribution in [3.05, 3.63) is 60.2 Å². The van der Waals surface area contributed by atoms with Gasteiger partial charge in [0.2, 0.25) is 5.91 Å². The van der Waals surface area contributed by atoms with Gasteiger partial charge in [-0.1, -0.05) is 30.3 Å². The lowest BCUT2D eigenvalue weighted by Crippen LogP contribution is -2.23. The Kier molecular flexibility index (Phi) is 4.05. The van der Waals surface area contributed by atoms with E-state index in [0.29, 0.717) is 25.3 Å². The predicted octanol–water partition coefficient (Wildman–Crippen LogP) is 2.82. The van der Waals surface area contributed by atoms with Gasteiger partial charge in [-0.2, -0.15) is 0 Å². The van der Waals surface area contributed by atoms with Crippen molar-refractivity contribution in [2.75, 3.05) is 23.4 Å². The second-order valence-corrected chi connectivity index (χ2v) is 5.02. The van der Waals surface area contributed by atoms with Crippen molar-refractivity contribution in [2.24, 2.45) is 0 Å². The summed E-state index contributed by atoms with van der Waals surface area (Å²) in [6, 6.07) is 16.7. The molecular formula is C17H16N2O3. The van der Waals surface area contributed by atoms with Crippen LogP contribution in [-0.4, -0.2) is 25.2 Å². The van der Waals surface area contributed by atoms with Crippen LogP contribution in [0.5, 0.6) is 0 Å². The summed E-state index contributed by atoms with van der Waals surface area (Å²) in [4.78, 5) is 25.0. The van der Waals surface area contributed by atoms with Crippen molar-refractivity contribution in [3.8, 4) is 0 Å². The summed E-state index contributed by atoms with van der Waals surface area (Å²) in [6.45, 7) is 0.965. The first kappa shape index (κ1) is 14.1. The Morgan fingerprint density at radius 3 is 2.45 bits per heavy atom. The molecule has 1 saturated heterocycles. The van der Waals surface area contributed by atoms with Crippen LogP contribution in [-0.2, 0) is 16.0 Å². The molecule has 2 aromatic carbocycles. The fraction of sp³-hybridized carbons (Fsp3) is 0.176. The van der Waals surface area contributed by atoms with Gasteiger partial charge in [-0.3, -0.25) is 9.69 Å². The largest absolute Gasteiger partial charge is 0.447 e. The molecular weight excluding hydrogens is 280 g/mol. The van der Waals surface area contributed by atoms with Crippen LogP contribution in [0.1, 0.15) is 5.56 Å². The van der Waals surface area contributed by atoms with Crippen LogP contribution >= 0.6 is 0 Å². The summed E-state index contributed by atoms with van der Waals surface area (Å²) in [7, 11) is 0. The molecule has 0 unspecified atom stereocenters. The number of nitrogens with one attached hydrogen (secondary N) is 1. The number of benzene rings is 2. The number of carbonyl (C=O) groups is 2. The molecule has 0 bridgehead atoms. The van der Waals surface area contributed by atoms with E-state index in [4.69, 9.17) is 4.74 Å². The number of anilines is 2. The van der Waals surface area contributed by atoms with Crippen LogP contribution in [0.3, 0.4) is 0 Å². The van der Waals surface area contributed by atoms with E-state index in [9.17, 15) is 9.59 Å². The van der Waals surface area contributed by atoms with Crippen LogP contribution in [0.15, 0.2) is 54.6 Å². The van der Waals surface area contributed by atoms with Crippen LogP contribution in [0.2, 0.25) is 0 Å². The van der Waals surface area contributed by atoms with E-state index in [2.05, 4.69) is 5.32 Å². The number of cyclic esters (lactones) is 1. The molecule has 1 fully saturated rings. The van der Waals surface area contributed by atoms with Crippen LogP contribution < -0.4 is 10.2 Å². The molecule has 2 aromatic rings. The molecule has 0 aromatic heterocycles. The lowest BCUT2D eigenvalue weighted by atomic mass is 10.1. The minimum absolute atomic E-state index is 0.0699. The highest BCUT2D eigenvalue weighted by Crippen LogP contribution is 2.21. The average molecular weight is 296 g/mol. The molecule has 5 nitrogen and oxygen atoms in total.